The van der Waals surface area contributed by atoms with Gasteiger partial charge in [-0.15, -0.1) is 0 Å². The van der Waals surface area contributed by atoms with Crippen LogP contribution in [0.3, 0.4) is 0 Å². The molecule has 4 rings (SSSR count). The van der Waals surface area contributed by atoms with Crippen molar-refractivity contribution < 1.29 is 22.7 Å². The molecule has 0 saturated heterocycles. The van der Waals surface area contributed by atoms with Gasteiger partial charge < -0.3 is 14.8 Å². The first-order valence-corrected chi connectivity index (χ1v) is 15.5. The van der Waals surface area contributed by atoms with Crippen LogP contribution < -0.4 is 20.1 Å². The summed E-state index contributed by atoms with van der Waals surface area (Å²) in [6.07, 6.45) is 3.71. The summed E-state index contributed by atoms with van der Waals surface area (Å²) in [6, 6.07) is 11.8. The van der Waals surface area contributed by atoms with Gasteiger partial charge in [-0.2, -0.15) is 0 Å². The van der Waals surface area contributed by atoms with Gasteiger partial charge in [-0.25, -0.2) is 8.42 Å². The average Bonchev–Trinajstić information content (AvgIpc) is 3.29. The summed E-state index contributed by atoms with van der Waals surface area (Å²) >= 11 is 7.79. The lowest BCUT2D eigenvalue weighted by molar-refractivity contribution is -0.149. The zero-order chi connectivity index (χ0) is 27.3. The Labute approximate surface area is 233 Å². The number of rotatable bonds is 10. The summed E-state index contributed by atoms with van der Waals surface area (Å²) in [5, 5.41) is 7.35. The molecule has 0 spiro atoms. The van der Waals surface area contributed by atoms with Gasteiger partial charge in [-0.05, 0) is 75.3 Å². The normalized spacial score (nSPS) is 21.6. The van der Waals surface area contributed by atoms with Gasteiger partial charge in [-0.3, -0.25) is 14.8 Å². The Balaban J connectivity index is 1.40. The number of hydrogen-bond acceptors (Lipinski definition) is 8. The number of sulfonamides is 1. The number of ether oxygens (including phenoxy) is 2. The number of carbonyl (C=O) groups excluding carboxylic acids is 1. The smallest absolute Gasteiger partial charge is 0.308 e. The molecule has 1 saturated carbocycles. The van der Waals surface area contributed by atoms with E-state index in [-0.39, 0.29) is 28.0 Å². The first kappa shape index (κ1) is 28.6. The van der Waals surface area contributed by atoms with E-state index in [0.717, 1.165) is 48.4 Å². The molecule has 0 radical (unpaired) electrons. The molecule has 1 aliphatic heterocycles. The van der Waals surface area contributed by atoms with Crippen molar-refractivity contribution >= 4 is 49.9 Å². The number of benzene rings is 2. The van der Waals surface area contributed by atoms with Crippen molar-refractivity contribution in [3.8, 4) is 5.75 Å². The molecule has 11 heteroatoms. The van der Waals surface area contributed by atoms with Crippen molar-refractivity contribution in [3.05, 3.63) is 58.7 Å². The Morgan fingerprint density at radius 2 is 1.89 bits per heavy atom. The molecule has 1 unspecified atom stereocenters. The summed E-state index contributed by atoms with van der Waals surface area (Å²) in [6.45, 7) is 5.09. The van der Waals surface area contributed by atoms with E-state index in [4.69, 9.17) is 21.1 Å². The van der Waals surface area contributed by atoms with Crippen molar-refractivity contribution in [2.24, 2.45) is 11.8 Å². The number of anilines is 1. The molecule has 1 aliphatic carbocycles. The van der Waals surface area contributed by atoms with Crippen LogP contribution in [0.15, 0.2) is 53.1 Å². The average molecular weight is 580 g/mol. The number of halogens is 1. The maximum absolute atomic E-state index is 13.3. The SMILES string of the molecule is CCOC(=O)[C@H]1CC[C@H](CNC2NC(C)=C(c3ccc(OC)c(S(=O)(=O)Nc4ccccc4Cl)c3)S2)CC1. The second kappa shape index (κ2) is 12.6. The summed E-state index contributed by atoms with van der Waals surface area (Å²) in [7, 11) is -2.52. The highest BCUT2D eigenvalue weighted by atomic mass is 35.5. The monoisotopic (exact) mass is 579 g/mol. The molecule has 1 heterocycles. The highest BCUT2D eigenvalue weighted by molar-refractivity contribution is 8.09. The molecule has 1 atom stereocenters. The largest absolute Gasteiger partial charge is 0.495 e. The molecule has 0 aromatic heterocycles. The van der Waals surface area contributed by atoms with Crippen molar-refractivity contribution in [3.63, 3.8) is 0 Å². The van der Waals surface area contributed by atoms with E-state index < -0.39 is 10.0 Å². The van der Waals surface area contributed by atoms with E-state index >= 15 is 0 Å². The third-order valence-electron chi connectivity index (χ3n) is 6.82. The molecule has 0 bridgehead atoms. The Morgan fingerprint density at radius 1 is 1.16 bits per heavy atom. The van der Waals surface area contributed by atoms with Gasteiger partial charge >= 0.3 is 5.97 Å². The fourth-order valence-corrected chi connectivity index (χ4v) is 7.45. The predicted octanol–water partition coefficient (Wildman–Crippen LogP) is 5.42. The summed E-state index contributed by atoms with van der Waals surface area (Å²) in [4.78, 5) is 13.0. The Hall–Kier alpha value is -2.40. The molecule has 206 valence electrons. The first-order valence-electron chi connectivity index (χ1n) is 12.7. The minimum Gasteiger partial charge on any atom is -0.495 e. The van der Waals surface area contributed by atoms with E-state index in [1.807, 2.05) is 19.9 Å². The number of para-hydroxylation sites is 1. The van der Waals surface area contributed by atoms with Crippen LogP contribution in [0, 0.1) is 11.8 Å². The molecule has 8 nitrogen and oxygen atoms in total. The fourth-order valence-electron chi connectivity index (χ4n) is 4.78. The standard InChI is InChI=1S/C27H34ClN3O5S2/c1-4-36-26(32)19-11-9-18(10-12-19)16-29-27-30-17(2)25(37-27)20-13-14-23(35-3)24(15-20)38(33,34)31-22-8-6-5-7-21(22)28/h5-8,13-15,18-19,27,29-31H,4,9-12,16H2,1-3H3/t18-,19-,27?. The van der Waals surface area contributed by atoms with Crippen molar-refractivity contribution in [1.29, 1.82) is 0 Å². The summed E-state index contributed by atoms with van der Waals surface area (Å²) in [5.74, 6) is 0.699. The summed E-state index contributed by atoms with van der Waals surface area (Å²) < 4.78 is 39.7. The Morgan fingerprint density at radius 3 is 2.58 bits per heavy atom. The van der Waals surface area contributed by atoms with E-state index in [2.05, 4.69) is 15.4 Å². The zero-order valence-electron chi connectivity index (χ0n) is 21.8. The van der Waals surface area contributed by atoms with Crippen LogP contribution in [0.2, 0.25) is 5.02 Å². The van der Waals surface area contributed by atoms with Crippen LogP contribution in [0.25, 0.3) is 4.91 Å². The van der Waals surface area contributed by atoms with E-state index in [9.17, 15) is 13.2 Å². The van der Waals surface area contributed by atoms with E-state index in [1.54, 1.807) is 48.2 Å². The van der Waals surface area contributed by atoms with Gasteiger partial charge in [0, 0.05) is 17.1 Å². The van der Waals surface area contributed by atoms with Gasteiger partial charge in [0.25, 0.3) is 10.0 Å². The highest BCUT2D eigenvalue weighted by Crippen LogP contribution is 2.40. The molecule has 0 amide bonds. The Bertz CT molecular complexity index is 1290. The van der Waals surface area contributed by atoms with E-state index in [0.29, 0.717) is 23.2 Å². The second-order valence-corrected chi connectivity index (χ2v) is 12.6. The van der Waals surface area contributed by atoms with Crippen LogP contribution in [0.5, 0.6) is 5.75 Å². The van der Waals surface area contributed by atoms with Crippen LogP contribution in [-0.4, -0.2) is 40.1 Å². The molecule has 2 aromatic carbocycles. The van der Waals surface area contributed by atoms with Crippen molar-refractivity contribution in [2.75, 3.05) is 25.0 Å². The van der Waals surface area contributed by atoms with Crippen LogP contribution >= 0.6 is 23.4 Å². The maximum Gasteiger partial charge on any atom is 0.308 e. The number of esters is 1. The molecule has 38 heavy (non-hydrogen) atoms. The lowest BCUT2D eigenvalue weighted by Crippen LogP contribution is -2.39. The first-order chi connectivity index (χ1) is 18.2. The quantitative estimate of drug-likeness (QED) is 0.321. The minimum absolute atomic E-state index is 0.0219. The molecule has 2 aliphatic rings. The fraction of sp³-hybridized carbons (Fsp3) is 0.444. The molecule has 2 aromatic rings. The number of thioether (sulfide) groups is 1. The van der Waals surface area contributed by atoms with Gasteiger partial charge in [0.15, 0.2) is 0 Å². The van der Waals surface area contributed by atoms with Gasteiger partial charge in [0.05, 0.1) is 30.3 Å². The third kappa shape index (κ3) is 6.77. The molecular formula is C27H34ClN3O5S2. The number of hydrogen-bond donors (Lipinski definition) is 3. The number of allylic oxidation sites excluding steroid dienone is 1. The number of methoxy groups -OCH3 is 1. The second-order valence-electron chi connectivity index (χ2n) is 9.43. The lowest BCUT2D eigenvalue weighted by atomic mass is 9.82. The number of nitrogens with one attached hydrogen (secondary N) is 3. The summed E-state index contributed by atoms with van der Waals surface area (Å²) in [5.41, 5.74) is 2.01. The lowest BCUT2D eigenvalue weighted by Gasteiger charge is -2.28. The van der Waals surface area contributed by atoms with Gasteiger partial charge in [0.2, 0.25) is 0 Å². The van der Waals surface area contributed by atoms with Gasteiger partial charge in [0.1, 0.15) is 16.1 Å². The van der Waals surface area contributed by atoms with Crippen LogP contribution in [-0.2, 0) is 19.6 Å². The number of carbonyl (C=O) groups is 1. The van der Waals surface area contributed by atoms with Crippen molar-refractivity contribution in [2.45, 2.75) is 49.9 Å². The minimum atomic E-state index is -3.96. The highest BCUT2D eigenvalue weighted by Gasteiger charge is 2.30. The third-order valence-corrected chi connectivity index (χ3v) is 9.83. The Kier molecular flexibility index (Phi) is 9.51. The maximum atomic E-state index is 13.3. The molecular weight excluding hydrogens is 546 g/mol. The van der Waals surface area contributed by atoms with Crippen LogP contribution in [0.4, 0.5) is 5.69 Å². The van der Waals surface area contributed by atoms with Crippen LogP contribution in [0.1, 0.15) is 45.1 Å². The predicted molar refractivity (Wildman–Crippen MR) is 152 cm³/mol. The van der Waals surface area contributed by atoms with Gasteiger partial charge in [-0.1, -0.05) is 41.6 Å². The van der Waals surface area contributed by atoms with Crippen molar-refractivity contribution in [1.82, 2.24) is 10.6 Å². The molecule has 1 fully saturated rings. The molecule has 3 N–H and O–H groups in total. The zero-order valence-corrected chi connectivity index (χ0v) is 24.1. The topological polar surface area (TPSA) is 106 Å². The van der Waals surface area contributed by atoms with E-state index in [1.165, 1.54) is 7.11 Å².